The van der Waals surface area contributed by atoms with Crippen LogP contribution >= 0.6 is 35.1 Å². The zero-order chi connectivity index (χ0) is 22.1. The standard InChI is InChI=1S/C24H22Cl2N2O2S/c1-3-16-14-28(17-7-5-4-6-8-17)22-13-21(26)18(12-23(22)31-27(16)2)15-9-10-20(25)19(11-15)24(29)30/h4-13,16H,3,14H2,1-2H3,(H,29,30). The highest BCUT2D eigenvalue weighted by Crippen LogP contribution is 2.45. The molecule has 160 valence electrons. The Kier molecular flexibility index (Phi) is 6.49. The lowest BCUT2D eigenvalue weighted by Gasteiger charge is -2.29. The van der Waals surface area contributed by atoms with Gasteiger partial charge in [0.25, 0.3) is 0 Å². The minimum atomic E-state index is -1.06. The van der Waals surface area contributed by atoms with E-state index in [0.717, 1.165) is 40.4 Å². The van der Waals surface area contributed by atoms with Gasteiger partial charge in [-0.05, 0) is 67.4 Å². The summed E-state index contributed by atoms with van der Waals surface area (Å²) in [5.74, 6) is -1.06. The largest absolute Gasteiger partial charge is 0.478 e. The van der Waals surface area contributed by atoms with Gasteiger partial charge in [-0.2, -0.15) is 0 Å². The van der Waals surface area contributed by atoms with Gasteiger partial charge < -0.3 is 10.0 Å². The summed E-state index contributed by atoms with van der Waals surface area (Å²) in [6.07, 6.45) is 1.01. The van der Waals surface area contributed by atoms with Crippen LogP contribution in [0.15, 0.2) is 65.6 Å². The summed E-state index contributed by atoms with van der Waals surface area (Å²) in [6, 6.07) is 19.7. The van der Waals surface area contributed by atoms with Gasteiger partial charge in [0.2, 0.25) is 0 Å². The molecular weight excluding hydrogens is 451 g/mol. The summed E-state index contributed by atoms with van der Waals surface area (Å²) in [7, 11) is 2.11. The first-order valence-corrected chi connectivity index (χ1v) is 11.5. The van der Waals surface area contributed by atoms with Crippen LogP contribution in [0.4, 0.5) is 11.4 Å². The second-order valence-electron chi connectivity index (χ2n) is 7.45. The number of anilines is 2. The molecule has 0 saturated carbocycles. The van der Waals surface area contributed by atoms with Crippen molar-refractivity contribution >= 4 is 52.5 Å². The van der Waals surface area contributed by atoms with E-state index in [1.807, 2.05) is 30.3 Å². The van der Waals surface area contributed by atoms with Crippen molar-refractivity contribution < 1.29 is 9.90 Å². The molecule has 0 saturated heterocycles. The van der Waals surface area contributed by atoms with Gasteiger partial charge in [-0.15, -0.1) is 0 Å². The Morgan fingerprint density at radius 3 is 2.52 bits per heavy atom. The van der Waals surface area contributed by atoms with Crippen molar-refractivity contribution in [3.63, 3.8) is 0 Å². The van der Waals surface area contributed by atoms with E-state index in [-0.39, 0.29) is 10.6 Å². The van der Waals surface area contributed by atoms with Crippen LogP contribution in [-0.2, 0) is 0 Å². The van der Waals surface area contributed by atoms with Crippen molar-refractivity contribution in [1.29, 1.82) is 0 Å². The second-order valence-corrected chi connectivity index (χ2v) is 9.46. The lowest BCUT2D eigenvalue weighted by atomic mass is 10.0. The number of hydrogen-bond acceptors (Lipinski definition) is 4. The maximum absolute atomic E-state index is 11.5. The number of likely N-dealkylation sites (N-methyl/N-ethyl adjacent to an activating group) is 1. The van der Waals surface area contributed by atoms with Gasteiger partial charge in [0.05, 0.1) is 21.3 Å². The number of benzene rings is 3. The van der Waals surface area contributed by atoms with Crippen LogP contribution in [-0.4, -0.2) is 35.0 Å². The minimum Gasteiger partial charge on any atom is -0.478 e. The fourth-order valence-electron chi connectivity index (χ4n) is 3.80. The van der Waals surface area contributed by atoms with Gasteiger partial charge in [0.15, 0.2) is 0 Å². The van der Waals surface area contributed by atoms with Crippen molar-refractivity contribution in [2.24, 2.45) is 0 Å². The molecule has 3 aromatic carbocycles. The first-order chi connectivity index (χ1) is 14.9. The smallest absolute Gasteiger partial charge is 0.337 e. The quantitative estimate of drug-likeness (QED) is 0.405. The topological polar surface area (TPSA) is 43.8 Å². The molecule has 0 bridgehead atoms. The van der Waals surface area contributed by atoms with E-state index in [1.54, 1.807) is 30.1 Å². The number of para-hydroxylation sites is 1. The van der Waals surface area contributed by atoms with Crippen molar-refractivity contribution in [1.82, 2.24) is 4.31 Å². The van der Waals surface area contributed by atoms with Gasteiger partial charge in [-0.25, -0.2) is 9.10 Å². The third-order valence-electron chi connectivity index (χ3n) is 5.54. The van der Waals surface area contributed by atoms with Crippen LogP contribution in [0.1, 0.15) is 23.7 Å². The van der Waals surface area contributed by atoms with E-state index in [0.29, 0.717) is 11.1 Å². The lowest BCUT2D eigenvalue weighted by Crippen LogP contribution is -2.34. The molecule has 31 heavy (non-hydrogen) atoms. The highest BCUT2D eigenvalue weighted by Gasteiger charge is 2.28. The summed E-state index contributed by atoms with van der Waals surface area (Å²) in [4.78, 5) is 14.9. The van der Waals surface area contributed by atoms with E-state index in [9.17, 15) is 9.90 Å². The molecule has 0 fully saturated rings. The molecule has 0 radical (unpaired) electrons. The fourth-order valence-corrected chi connectivity index (χ4v) is 5.37. The molecule has 3 aromatic rings. The average molecular weight is 473 g/mol. The summed E-state index contributed by atoms with van der Waals surface area (Å²) >= 11 is 14.5. The van der Waals surface area contributed by atoms with Crippen molar-refractivity contribution in [3.8, 4) is 11.1 Å². The van der Waals surface area contributed by atoms with Crippen LogP contribution in [0.5, 0.6) is 0 Å². The Morgan fingerprint density at radius 2 is 1.84 bits per heavy atom. The maximum Gasteiger partial charge on any atom is 0.337 e. The lowest BCUT2D eigenvalue weighted by molar-refractivity contribution is 0.0697. The predicted octanol–water partition coefficient (Wildman–Crippen LogP) is 7.23. The molecule has 0 aliphatic carbocycles. The number of aromatic carboxylic acids is 1. The Labute approximate surface area is 196 Å². The number of fused-ring (bicyclic) bond motifs is 1. The monoisotopic (exact) mass is 472 g/mol. The van der Waals surface area contributed by atoms with Gasteiger partial charge in [0, 0.05) is 28.7 Å². The first kappa shape index (κ1) is 22.0. The highest BCUT2D eigenvalue weighted by atomic mass is 35.5. The number of nitrogens with zero attached hydrogens (tertiary/aromatic N) is 2. The third-order valence-corrected chi connectivity index (χ3v) is 7.29. The van der Waals surface area contributed by atoms with Crippen LogP contribution in [0.3, 0.4) is 0 Å². The molecule has 1 aliphatic rings. The maximum atomic E-state index is 11.5. The molecule has 1 heterocycles. The Hall–Kier alpha value is -2.18. The van der Waals surface area contributed by atoms with Gasteiger partial charge in [-0.3, -0.25) is 0 Å². The van der Waals surface area contributed by atoms with Crippen LogP contribution in [0, 0.1) is 0 Å². The number of carbonyl (C=O) groups is 1. The van der Waals surface area contributed by atoms with Crippen molar-refractivity contribution in [3.05, 3.63) is 76.3 Å². The van der Waals surface area contributed by atoms with Gasteiger partial charge in [0.1, 0.15) is 0 Å². The fraction of sp³-hybridized carbons (Fsp3) is 0.208. The van der Waals surface area contributed by atoms with Crippen LogP contribution in [0.25, 0.3) is 11.1 Å². The number of halogens is 2. The zero-order valence-electron chi connectivity index (χ0n) is 17.2. The zero-order valence-corrected chi connectivity index (χ0v) is 19.5. The summed E-state index contributed by atoms with van der Waals surface area (Å²) in [6.45, 7) is 3.04. The molecule has 4 rings (SSSR count). The molecule has 0 aromatic heterocycles. The molecular formula is C24H22Cl2N2O2S. The number of rotatable bonds is 4. The number of carboxylic acid groups (broad SMARTS) is 1. The van der Waals surface area contributed by atoms with Gasteiger partial charge in [-0.1, -0.05) is 54.4 Å². The minimum absolute atomic E-state index is 0.0620. The number of carboxylic acids is 1. The molecule has 1 atom stereocenters. The van der Waals surface area contributed by atoms with E-state index in [2.05, 4.69) is 35.3 Å². The van der Waals surface area contributed by atoms with E-state index < -0.39 is 5.97 Å². The Morgan fingerprint density at radius 1 is 1.10 bits per heavy atom. The molecule has 0 spiro atoms. The van der Waals surface area contributed by atoms with Crippen molar-refractivity contribution in [2.75, 3.05) is 18.5 Å². The Bertz CT molecular complexity index is 1120. The molecule has 7 heteroatoms. The molecule has 1 aliphatic heterocycles. The molecule has 4 nitrogen and oxygen atoms in total. The third kappa shape index (κ3) is 4.41. The van der Waals surface area contributed by atoms with E-state index >= 15 is 0 Å². The van der Waals surface area contributed by atoms with Gasteiger partial charge >= 0.3 is 5.97 Å². The summed E-state index contributed by atoms with van der Waals surface area (Å²) in [5.41, 5.74) is 3.72. The molecule has 0 amide bonds. The predicted molar refractivity (Wildman–Crippen MR) is 130 cm³/mol. The normalized spacial score (nSPS) is 16.6. The van der Waals surface area contributed by atoms with E-state index in [1.165, 1.54) is 0 Å². The van der Waals surface area contributed by atoms with E-state index in [4.69, 9.17) is 23.2 Å². The summed E-state index contributed by atoms with van der Waals surface area (Å²) < 4.78 is 2.28. The van der Waals surface area contributed by atoms with Crippen molar-refractivity contribution in [2.45, 2.75) is 24.3 Å². The Balaban J connectivity index is 1.86. The summed E-state index contributed by atoms with van der Waals surface area (Å²) in [5, 5.41) is 10.2. The first-order valence-electron chi connectivity index (χ1n) is 9.99. The molecule has 1 unspecified atom stereocenters. The second kappa shape index (κ2) is 9.13. The molecule has 1 N–H and O–H groups in total. The SMILES string of the molecule is CCC1CN(c2ccccc2)c2cc(Cl)c(-c3ccc(Cl)c(C(=O)O)c3)cc2SN1C. The number of hydrogen-bond donors (Lipinski definition) is 1. The van der Waals surface area contributed by atoms with Crippen LogP contribution < -0.4 is 4.90 Å². The van der Waals surface area contributed by atoms with Crippen LogP contribution in [0.2, 0.25) is 10.0 Å². The average Bonchev–Trinajstić information content (AvgIpc) is 2.89. The highest BCUT2D eigenvalue weighted by molar-refractivity contribution is 7.97.